The van der Waals surface area contributed by atoms with Crippen molar-refractivity contribution in [1.82, 2.24) is 5.32 Å². The van der Waals surface area contributed by atoms with Gasteiger partial charge in [-0.15, -0.1) is 0 Å². The number of allylic oxidation sites excluding steroid dienone is 1. The summed E-state index contributed by atoms with van der Waals surface area (Å²) in [5.41, 5.74) is 5.48. The number of benzene rings is 3. The Balaban J connectivity index is 1.70. The van der Waals surface area contributed by atoms with E-state index in [0.717, 1.165) is 22.4 Å². The number of rotatable bonds is 12. The third-order valence-corrected chi connectivity index (χ3v) is 6.62. The molecule has 3 aromatic rings. The van der Waals surface area contributed by atoms with Gasteiger partial charge in [-0.1, -0.05) is 42.0 Å². The molecule has 0 aliphatic heterocycles. The Labute approximate surface area is 258 Å². The molecule has 0 saturated carbocycles. The fourth-order valence-electron chi connectivity index (χ4n) is 4.36. The average Bonchev–Trinajstić information content (AvgIpc) is 2.98. The Morgan fingerprint density at radius 1 is 0.886 bits per heavy atom. The summed E-state index contributed by atoms with van der Waals surface area (Å²) < 4.78 is 10.6. The first kappa shape index (κ1) is 33.4. The number of aryl methyl sites for hydroxylation is 2. The minimum Gasteiger partial charge on any atom is -0.482 e. The summed E-state index contributed by atoms with van der Waals surface area (Å²) >= 11 is 0. The number of ether oxygens (including phenoxy) is 2. The molecule has 0 bridgehead atoms. The molecule has 0 spiro atoms. The third kappa shape index (κ3) is 10.0. The summed E-state index contributed by atoms with van der Waals surface area (Å²) in [5, 5.41) is 5.28. The normalized spacial score (nSPS) is 10.3. The largest absolute Gasteiger partial charge is 0.482 e. The predicted molar refractivity (Wildman–Crippen MR) is 172 cm³/mol. The number of nitrogens with zero attached hydrogens (tertiary/aromatic N) is 2. The van der Waals surface area contributed by atoms with Crippen molar-refractivity contribution in [1.29, 1.82) is 0 Å². The number of hydrogen-bond donors (Lipinski definition) is 2. The van der Waals surface area contributed by atoms with Crippen LogP contribution in [-0.4, -0.2) is 57.7 Å². The molecular formula is C34H40N4O6. The summed E-state index contributed by atoms with van der Waals surface area (Å²) in [6, 6.07) is 19.1. The third-order valence-electron chi connectivity index (χ3n) is 6.62. The van der Waals surface area contributed by atoms with Gasteiger partial charge < -0.3 is 29.9 Å². The molecule has 10 heteroatoms. The minimum absolute atomic E-state index is 0.0699. The maximum Gasteiger partial charge on any atom is 0.319 e. The molecule has 0 aromatic heterocycles. The maximum atomic E-state index is 13.4. The molecule has 0 saturated heterocycles. The molecule has 4 amide bonds. The predicted octanol–water partition coefficient (Wildman–Crippen LogP) is 5.18. The fourth-order valence-corrected chi connectivity index (χ4v) is 4.36. The Hall–Kier alpha value is -5.12. The minimum atomic E-state index is -0.583. The lowest BCUT2D eigenvalue weighted by Crippen LogP contribution is -2.42. The van der Waals surface area contributed by atoms with Crippen LogP contribution in [0.5, 0.6) is 5.75 Å². The second-order valence-electron chi connectivity index (χ2n) is 10.6. The molecule has 0 unspecified atom stereocenters. The van der Waals surface area contributed by atoms with Crippen LogP contribution in [-0.2, 0) is 25.5 Å². The van der Waals surface area contributed by atoms with Crippen LogP contribution in [0.2, 0.25) is 0 Å². The lowest BCUT2D eigenvalue weighted by molar-refractivity contribution is -0.139. The Bertz CT molecular complexity index is 1510. The zero-order chi connectivity index (χ0) is 32.2. The molecule has 0 aliphatic carbocycles. The molecule has 0 heterocycles. The van der Waals surface area contributed by atoms with Gasteiger partial charge in [0.1, 0.15) is 5.75 Å². The monoisotopic (exact) mass is 600 g/mol. The van der Waals surface area contributed by atoms with Crippen molar-refractivity contribution in [3.8, 4) is 5.75 Å². The smallest absolute Gasteiger partial charge is 0.319 e. The standard InChI is InChI=1S/C34H40N4O6/c1-23(2)14-15-38(31(39)21-35-34(42)36-27-11-9-10-26(19-27)20-33(41)43-6)29-12-7-8-13-30(29)44-22-32(40)37(5)28-17-24(3)16-25(4)18-28/h7-14,16-19H,15,20-22H2,1-6H3,(H2,35,36,42). The fraction of sp³-hybridized carbons (Fsp3) is 0.294. The number of nitrogens with one attached hydrogen (secondary N) is 2. The lowest BCUT2D eigenvalue weighted by atomic mass is 10.1. The molecule has 44 heavy (non-hydrogen) atoms. The van der Waals surface area contributed by atoms with Crippen LogP contribution in [0.3, 0.4) is 0 Å². The van der Waals surface area contributed by atoms with E-state index in [1.54, 1.807) is 60.5 Å². The number of hydrogen-bond acceptors (Lipinski definition) is 6. The summed E-state index contributed by atoms with van der Waals surface area (Å²) in [7, 11) is 3.01. The second kappa shape index (κ2) is 15.9. The van der Waals surface area contributed by atoms with E-state index in [0.29, 0.717) is 22.7 Å². The highest BCUT2D eigenvalue weighted by Gasteiger charge is 2.21. The highest BCUT2D eigenvalue weighted by molar-refractivity contribution is 6.00. The Morgan fingerprint density at radius 3 is 2.27 bits per heavy atom. The second-order valence-corrected chi connectivity index (χ2v) is 10.6. The molecule has 0 atom stereocenters. The van der Waals surface area contributed by atoms with E-state index < -0.39 is 12.0 Å². The molecule has 0 radical (unpaired) electrons. The van der Waals surface area contributed by atoms with Crippen molar-refractivity contribution < 1.29 is 28.7 Å². The van der Waals surface area contributed by atoms with Gasteiger partial charge in [-0.25, -0.2) is 4.79 Å². The molecule has 3 aromatic carbocycles. The molecule has 0 aliphatic rings. The van der Waals surface area contributed by atoms with Gasteiger partial charge in [0.25, 0.3) is 5.91 Å². The van der Waals surface area contributed by atoms with Crippen LogP contribution in [0, 0.1) is 13.8 Å². The topological polar surface area (TPSA) is 117 Å². The van der Waals surface area contributed by atoms with Gasteiger partial charge in [-0.2, -0.15) is 0 Å². The van der Waals surface area contributed by atoms with Crippen molar-refractivity contribution in [3.05, 3.63) is 95.1 Å². The van der Waals surface area contributed by atoms with Gasteiger partial charge in [0.2, 0.25) is 5.91 Å². The van der Waals surface area contributed by atoms with Crippen molar-refractivity contribution in [2.24, 2.45) is 0 Å². The summed E-state index contributed by atoms with van der Waals surface area (Å²) in [6.45, 7) is 7.50. The number of anilines is 3. The number of methoxy groups -OCH3 is 1. The zero-order valence-corrected chi connectivity index (χ0v) is 26.1. The van der Waals surface area contributed by atoms with Crippen LogP contribution in [0.4, 0.5) is 21.9 Å². The number of esters is 1. The molecular weight excluding hydrogens is 560 g/mol. The summed E-state index contributed by atoms with van der Waals surface area (Å²) in [5.74, 6) is -0.666. The number of carbonyl (C=O) groups is 4. The van der Waals surface area contributed by atoms with Crippen LogP contribution in [0.25, 0.3) is 0 Å². The van der Waals surface area contributed by atoms with Crippen LogP contribution >= 0.6 is 0 Å². The van der Waals surface area contributed by atoms with E-state index in [1.807, 2.05) is 52.0 Å². The number of urea groups is 1. The van der Waals surface area contributed by atoms with E-state index in [4.69, 9.17) is 9.47 Å². The van der Waals surface area contributed by atoms with Gasteiger partial charge in [0.15, 0.2) is 6.61 Å². The molecule has 232 valence electrons. The Morgan fingerprint density at radius 2 is 1.59 bits per heavy atom. The number of likely N-dealkylation sites (N-methyl/N-ethyl adjacent to an activating group) is 1. The molecule has 3 rings (SSSR count). The molecule has 10 nitrogen and oxygen atoms in total. The van der Waals surface area contributed by atoms with Crippen molar-refractivity contribution >= 4 is 40.9 Å². The molecule has 2 N–H and O–H groups in total. The van der Waals surface area contributed by atoms with Crippen molar-refractivity contribution in [3.63, 3.8) is 0 Å². The molecule has 0 fully saturated rings. The number of para-hydroxylation sites is 2. The maximum absolute atomic E-state index is 13.4. The first-order valence-electron chi connectivity index (χ1n) is 14.2. The highest BCUT2D eigenvalue weighted by atomic mass is 16.5. The van der Waals surface area contributed by atoms with E-state index >= 15 is 0 Å². The van der Waals surface area contributed by atoms with E-state index in [9.17, 15) is 19.2 Å². The van der Waals surface area contributed by atoms with Crippen LogP contribution < -0.4 is 25.2 Å². The van der Waals surface area contributed by atoms with E-state index in [2.05, 4.69) is 10.6 Å². The zero-order valence-electron chi connectivity index (χ0n) is 26.1. The first-order valence-corrected chi connectivity index (χ1v) is 14.2. The Kier molecular flexibility index (Phi) is 12.1. The SMILES string of the molecule is COC(=O)Cc1cccc(NC(=O)NCC(=O)N(CC=C(C)C)c2ccccc2OCC(=O)N(C)c2cc(C)cc(C)c2)c1. The average molecular weight is 601 g/mol. The first-order chi connectivity index (χ1) is 21.0. The van der Waals surface area contributed by atoms with Crippen LogP contribution in [0.1, 0.15) is 30.5 Å². The van der Waals surface area contributed by atoms with Gasteiger partial charge in [-0.05, 0) is 80.8 Å². The van der Waals surface area contributed by atoms with Gasteiger partial charge >= 0.3 is 12.0 Å². The number of carbonyl (C=O) groups excluding carboxylic acids is 4. The summed E-state index contributed by atoms with van der Waals surface area (Å²) in [4.78, 5) is 53.7. The summed E-state index contributed by atoms with van der Waals surface area (Å²) in [6.07, 6.45) is 1.96. The van der Waals surface area contributed by atoms with Gasteiger partial charge in [-0.3, -0.25) is 14.4 Å². The quantitative estimate of drug-likeness (QED) is 0.219. The van der Waals surface area contributed by atoms with Crippen LogP contribution in [0.15, 0.2) is 78.4 Å². The van der Waals surface area contributed by atoms with Gasteiger partial charge in [0, 0.05) is 25.0 Å². The number of amides is 4. The van der Waals surface area contributed by atoms with E-state index in [-0.39, 0.29) is 37.9 Å². The lowest BCUT2D eigenvalue weighted by Gasteiger charge is -2.25. The van der Waals surface area contributed by atoms with Crippen molar-refractivity contribution in [2.75, 3.05) is 49.0 Å². The van der Waals surface area contributed by atoms with Crippen molar-refractivity contribution in [2.45, 2.75) is 34.1 Å². The van der Waals surface area contributed by atoms with Gasteiger partial charge in [0.05, 0.1) is 25.8 Å². The highest BCUT2D eigenvalue weighted by Crippen LogP contribution is 2.29. The van der Waals surface area contributed by atoms with E-state index in [1.165, 1.54) is 12.0 Å².